The molecule has 0 spiro atoms. The largest absolute Gasteiger partial charge is 0.321 e. The van der Waals surface area contributed by atoms with Crippen molar-refractivity contribution in [2.24, 2.45) is 5.73 Å². The summed E-state index contributed by atoms with van der Waals surface area (Å²) < 4.78 is 2.04. The standard InChI is InChI=1S/C14H20N4/c1-3-4-10-13(15)14-17-16-11(2)18(14)12-8-6-5-7-9-12/h5-9,13H,3-4,10,15H2,1-2H3. The lowest BCUT2D eigenvalue weighted by atomic mass is 10.1. The average molecular weight is 244 g/mol. The second kappa shape index (κ2) is 5.78. The van der Waals surface area contributed by atoms with Crippen molar-refractivity contribution in [1.82, 2.24) is 14.8 Å². The van der Waals surface area contributed by atoms with Crippen molar-refractivity contribution >= 4 is 0 Å². The molecule has 4 heteroatoms. The van der Waals surface area contributed by atoms with Gasteiger partial charge in [0.05, 0.1) is 6.04 Å². The fourth-order valence-electron chi connectivity index (χ4n) is 2.07. The van der Waals surface area contributed by atoms with Crippen LogP contribution in [0.5, 0.6) is 0 Å². The molecular weight excluding hydrogens is 224 g/mol. The van der Waals surface area contributed by atoms with Gasteiger partial charge in [0.1, 0.15) is 5.82 Å². The maximum Gasteiger partial charge on any atom is 0.154 e. The molecule has 0 aliphatic rings. The normalized spacial score (nSPS) is 12.6. The minimum Gasteiger partial charge on any atom is -0.321 e. The minimum atomic E-state index is -0.0497. The topological polar surface area (TPSA) is 56.7 Å². The first kappa shape index (κ1) is 12.8. The van der Waals surface area contributed by atoms with Crippen molar-refractivity contribution < 1.29 is 0 Å². The molecule has 0 saturated carbocycles. The van der Waals surface area contributed by atoms with E-state index in [2.05, 4.69) is 17.1 Å². The molecule has 0 aliphatic heterocycles. The van der Waals surface area contributed by atoms with Crippen LogP contribution in [0.15, 0.2) is 30.3 Å². The van der Waals surface area contributed by atoms with Gasteiger partial charge >= 0.3 is 0 Å². The van der Waals surface area contributed by atoms with Crippen molar-refractivity contribution in [2.45, 2.75) is 39.2 Å². The van der Waals surface area contributed by atoms with E-state index in [4.69, 9.17) is 5.73 Å². The van der Waals surface area contributed by atoms with E-state index >= 15 is 0 Å². The van der Waals surface area contributed by atoms with E-state index in [9.17, 15) is 0 Å². The molecule has 0 radical (unpaired) electrons. The monoisotopic (exact) mass is 244 g/mol. The minimum absolute atomic E-state index is 0.0497. The Hall–Kier alpha value is -1.68. The number of aromatic nitrogens is 3. The Kier molecular flexibility index (Phi) is 4.10. The SMILES string of the molecule is CCCCC(N)c1nnc(C)n1-c1ccccc1. The third-order valence-corrected chi connectivity index (χ3v) is 3.06. The van der Waals surface area contributed by atoms with Crippen LogP contribution in [0.2, 0.25) is 0 Å². The molecule has 0 amide bonds. The van der Waals surface area contributed by atoms with Gasteiger partial charge in [-0.1, -0.05) is 38.0 Å². The van der Waals surface area contributed by atoms with Crippen LogP contribution in [-0.4, -0.2) is 14.8 Å². The number of benzene rings is 1. The molecule has 0 bridgehead atoms. The van der Waals surface area contributed by atoms with Crippen LogP contribution in [0.3, 0.4) is 0 Å². The van der Waals surface area contributed by atoms with Crippen LogP contribution >= 0.6 is 0 Å². The van der Waals surface area contributed by atoms with E-state index < -0.39 is 0 Å². The Labute approximate surface area is 108 Å². The molecule has 1 unspecified atom stereocenters. The molecule has 0 aliphatic carbocycles. The molecule has 2 aromatic rings. The van der Waals surface area contributed by atoms with Gasteiger partial charge in [-0.05, 0) is 25.5 Å². The predicted octanol–water partition coefficient (Wildman–Crippen LogP) is 2.77. The summed E-state index contributed by atoms with van der Waals surface area (Å²) in [6.45, 7) is 4.12. The van der Waals surface area contributed by atoms with Crippen molar-refractivity contribution in [3.05, 3.63) is 42.0 Å². The zero-order valence-electron chi connectivity index (χ0n) is 11.0. The van der Waals surface area contributed by atoms with Crippen molar-refractivity contribution in [3.63, 3.8) is 0 Å². The zero-order valence-corrected chi connectivity index (χ0v) is 11.0. The van der Waals surface area contributed by atoms with Crippen LogP contribution in [-0.2, 0) is 0 Å². The Morgan fingerprint density at radius 3 is 2.61 bits per heavy atom. The molecule has 4 nitrogen and oxygen atoms in total. The molecule has 1 aromatic carbocycles. The van der Waals surface area contributed by atoms with E-state index in [1.54, 1.807) is 0 Å². The number of hydrogen-bond acceptors (Lipinski definition) is 3. The summed E-state index contributed by atoms with van der Waals surface area (Å²) in [4.78, 5) is 0. The number of hydrogen-bond donors (Lipinski definition) is 1. The fourth-order valence-corrected chi connectivity index (χ4v) is 2.07. The molecule has 1 aromatic heterocycles. The number of para-hydroxylation sites is 1. The third-order valence-electron chi connectivity index (χ3n) is 3.06. The van der Waals surface area contributed by atoms with Crippen LogP contribution in [0, 0.1) is 6.92 Å². The van der Waals surface area contributed by atoms with Gasteiger partial charge in [0, 0.05) is 5.69 Å². The van der Waals surface area contributed by atoms with Gasteiger partial charge in [0.25, 0.3) is 0 Å². The highest BCUT2D eigenvalue weighted by Crippen LogP contribution is 2.20. The molecule has 2 rings (SSSR count). The lowest BCUT2D eigenvalue weighted by Gasteiger charge is -2.13. The van der Waals surface area contributed by atoms with E-state index in [-0.39, 0.29) is 6.04 Å². The van der Waals surface area contributed by atoms with E-state index in [0.29, 0.717) is 0 Å². The smallest absolute Gasteiger partial charge is 0.154 e. The van der Waals surface area contributed by atoms with Gasteiger partial charge in [0.15, 0.2) is 5.82 Å². The molecule has 0 fully saturated rings. The van der Waals surface area contributed by atoms with E-state index in [0.717, 1.165) is 36.6 Å². The van der Waals surface area contributed by atoms with Gasteiger partial charge in [0.2, 0.25) is 0 Å². The second-order valence-electron chi connectivity index (χ2n) is 4.53. The first-order valence-corrected chi connectivity index (χ1v) is 6.47. The number of nitrogens with zero attached hydrogens (tertiary/aromatic N) is 3. The van der Waals surface area contributed by atoms with Crippen LogP contribution in [0.25, 0.3) is 5.69 Å². The number of aryl methyl sites for hydroxylation is 1. The Morgan fingerprint density at radius 2 is 1.94 bits per heavy atom. The predicted molar refractivity (Wildman–Crippen MR) is 72.5 cm³/mol. The van der Waals surface area contributed by atoms with Gasteiger partial charge < -0.3 is 5.73 Å². The highest BCUT2D eigenvalue weighted by atomic mass is 15.3. The number of rotatable bonds is 5. The van der Waals surface area contributed by atoms with Crippen molar-refractivity contribution in [3.8, 4) is 5.69 Å². The second-order valence-corrected chi connectivity index (χ2v) is 4.53. The number of nitrogens with two attached hydrogens (primary N) is 1. The number of unbranched alkanes of at least 4 members (excludes halogenated alkanes) is 1. The maximum atomic E-state index is 6.21. The molecule has 1 atom stereocenters. The quantitative estimate of drug-likeness (QED) is 0.879. The summed E-state index contributed by atoms with van der Waals surface area (Å²) >= 11 is 0. The maximum absolute atomic E-state index is 6.21. The summed E-state index contributed by atoms with van der Waals surface area (Å²) in [7, 11) is 0. The van der Waals surface area contributed by atoms with Crippen LogP contribution in [0.4, 0.5) is 0 Å². The molecular formula is C14H20N4. The van der Waals surface area contributed by atoms with Crippen molar-refractivity contribution in [1.29, 1.82) is 0 Å². The molecule has 2 N–H and O–H groups in total. The Balaban J connectivity index is 2.33. The highest BCUT2D eigenvalue weighted by Gasteiger charge is 2.16. The zero-order chi connectivity index (χ0) is 13.0. The highest BCUT2D eigenvalue weighted by molar-refractivity contribution is 5.34. The average Bonchev–Trinajstić information content (AvgIpc) is 2.79. The lowest BCUT2D eigenvalue weighted by molar-refractivity contribution is 0.565. The molecule has 0 saturated heterocycles. The van der Waals surface area contributed by atoms with E-state index in [1.165, 1.54) is 0 Å². The third kappa shape index (κ3) is 2.59. The van der Waals surface area contributed by atoms with Crippen LogP contribution in [0.1, 0.15) is 43.9 Å². The molecule has 1 heterocycles. The van der Waals surface area contributed by atoms with Gasteiger partial charge in [-0.15, -0.1) is 10.2 Å². The first-order chi connectivity index (χ1) is 8.74. The summed E-state index contributed by atoms with van der Waals surface area (Å²) in [5, 5.41) is 8.39. The van der Waals surface area contributed by atoms with Gasteiger partial charge in [-0.2, -0.15) is 0 Å². The summed E-state index contributed by atoms with van der Waals surface area (Å²) in [5.41, 5.74) is 7.28. The summed E-state index contributed by atoms with van der Waals surface area (Å²) in [6, 6.07) is 10.1. The Bertz CT molecular complexity index is 490. The van der Waals surface area contributed by atoms with Gasteiger partial charge in [-0.3, -0.25) is 4.57 Å². The first-order valence-electron chi connectivity index (χ1n) is 6.47. The fraction of sp³-hybridized carbons (Fsp3) is 0.429. The van der Waals surface area contributed by atoms with Crippen LogP contribution < -0.4 is 5.73 Å². The lowest BCUT2D eigenvalue weighted by Crippen LogP contribution is -2.16. The summed E-state index contributed by atoms with van der Waals surface area (Å²) in [5.74, 6) is 1.73. The molecule has 18 heavy (non-hydrogen) atoms. The van der Waals surface area contributed by atoms with E-state index in [1.807, 2.05) is 41.8 Å². The van der Waals surface area contributed by atoms with Gasteiger partial charge in [-0.25, -0.2) is 0 Å². The Morgan fingerprint density at radius 1 is 1.22 bits per heavy atom. The van der Waals surface area contributed by atoms with Crippen molar-refractivity contribution in [2.75, 3.05) is 0 Å². The molecule has 96 valence electrons. The summed E-state index contributed by atoms with van der Waals surface area (Å²) in [6.07, 6.45) is 3.20.